The Morgan fingerprint density at radius 1 is 1.09 bits per heavy atom. The lowest BCUT2D eigenvalue weighted by atomic mass is 9.97. The second-order valence-corrected chi connectivity index (χ2v) is 9.17. The summed E-state index contributed by atoms with van der Waals surface area (Å²) in [5.74, 6) is 2.13. The van der Waals surface area contributed by atoms with Crippen molar-refractivity contribution in [3.05, 3.63) is 47.5 Å². The van der Waals surface area contributed by atoms with E-state index < -0.39 is 0 Å². The highest BCUT2D eigenvalue weighted by Gasteiger charge is 2.28. The minimum Gasteiger partial charge on any atom is -0.355 e. The molecule has 3 aromatic rings. The number of hydrogen-bond donors (Lipinski definition) is 1. The van der Waals surface area contributed by atoms with E-state index in [0.29, 0.717) is 13.1 Å². The van der Waals surface area contributed by atoms with Gasteiger partial charge in [0, 0.05) is 32.6 Å². The second-order valence-electron chi connectivity index (χ2n) is 9.17. The zero-order valence-corrected chi connectivity index (χ0v) is 18.9. The summed E-state index contributed by atoms with van der Waals surface area (Å²) in [6, 6.07) is 8.51. The fraction of sp³-hybridized carbons (Fsp3) is 0.520. The predicted octanol–water partition coefficient (Wildman–Crippen LogP) is 3.44. The zero-order chi connectivity index (χ0) is 21.9. The van der Waals surface area contributed by atoms with Crippen molar-refractivity contribution in [2.75, 3.05) is 24.5 Å². The van der Waals surface area contributed by atoms with Crippen LogP contribution >= 0.6 is 0 Å². The Morgan fingerprint density at radius 3 is 2.84 bits per heavy atom. The van der Waals surface area contributed by atoms with E-state index >= 15 is 0 Å². The minimum absolute atomic E-state index is 0.0211. The van der Waals surface area contributed by atoms with Crippen molar-refractivity contribution in [1.82, 2.24) is 24.8 Å². The Hall–Kier alpha value is -2.96. The Balaban J connectivity index is 1.26. The van der Waals surface area contributed by atoms with Gasteiger partial charge >= 0.3 is 0 Å². The molecular weight excluding hydrogens is 400 g/mol. The summed E-state index contributed by atoms with van der Waals surface area (Å²) in [6.45, 7) is 5.33. The molecule has 1 aromatic carbocycles. The highest BCUT2D eigenvalue weighted by Crippen LogP contribution is 2.29. The van der Waals surface area contributed by atoms with Crippen molar-refractivity contribution in [2.24, 2.45) is 5.92 Å². The molecule has 0 spiro atoms. The monoisotopic (exact) mass is 432 g/mol. The number of amides is 1. The number of aromatic nitrogens is 4. The van der Waals surface area contributed by atoms with Crippen molar-refractivity contribution in [2.45, 2.75) is 58.4 Å². The van der Waals surface area contributed by atoms with Gasteiger partial charge in [0.25, 0.3) is 0 Å². The van der Waals surface area contributed by atoms with Crippen molar-refractivity contribution in [3.63, 3.8) is 0 Å². The maximum atomic E-state index is 12.9. The van der Waals surface area contributed by atoms with E-state index in [1.807, 2.05) is 0 Å². The molecule has 5 rings (SSSR count). The number of anilines is 1. The molecule has 0 unspecified atom stereocenters. The molecule has 1 atom stereocenters. The highest BCUT2D eigenvalue weighted by atomic mass is 16.1. The van der Waals surface area contributed by atoms with E-state index in [9.17, 15) is 4.79 Å². The van der Waals surface area contributed by atoms with Gasteiger partial charge in [0.05, 0.1) is 5.92 Å². The average Bonchev–Trinajstić information content (AvgIpc) is 3.01. The smallest absolute Gasteiger partial charge is 0.224 e. The summed E-state index contributed by atoms with van der Waals surface area (Å²) in [4.78, 5) is 29.2. The second kappa shape index (κ2) is 9.27. The highest BCUT2D eigenvalue weighted by molar-refractivity contribution is 5.85. The van der Waals surface area contributed by atoms with Gasteiger partial charge in [-0.05, 0) is 44.6 Å². The standard InChI is InChI=1S/C25H32N6O/c1-18-8-10-19(11-9-18)12-13-26-25(32)20-6-5-14-30(16-20)23-22-24(28-17-27-23)31-15-4-2-3-7-21(31)29-22/h8-11,17,20H,2-7,12-16H2,1H3,(H,26,32)/t20-/m0/s1. The molecule has 1 amide bonds. The van der Waals surface area contributed by atoms with Gasteiger partial charge < -0.3 is 14.8 Å². The molecule has 2 aliphatic heterocycles. The van der Waals surface area contributed by atoms with Crippen molar-refractivity contribution < 1.29 is 4.79 Å². The number of rotatable bonds is 5. The third-order valence-electron chi connectivity index (χ3n) is 6.80. The molecular formula is C25H32N6O. The quantitative estimate of drug-likeness (QED) is 0.668. The fourth-order valence-electron chi connectivity index (χ4n) is 4.97. The molecule has 4 heterocycles. The number of piperidine rings is 1. The summed E-state index contributed by atoms with van der Waals surface area (Å²) in [7, 11) is 0. The Kier molecular flexibility index (Phi) is 6.06. The van der Waals surface area contributed by atoms with Gasteiger partial charge in [-0.25, -0.2) is 15.0 Å². The first-order valence-corrected chi connectivity index (χ1v) is 12.0. The van der Waals surface area contributed by atoms with E-state index in [2.05, 4.69) is 55.9 Å². The maximum Gasteiger partial charge on any atom is 0.224 e. The molecule has 7 heteroatoms. The lowest BCUT2D eigenvalue weighted by Gasteiger charge is -2.32. The van der Waals surface area contributed by atoms with Gasteiger partial charge in [0.15, 0.2) is 17.0 Å². The van der Waals surface area contributed by atoms with Crippen LogP contribution in [0.4, 0.5) is 5.82 Å². The topological polar surface area (TPSA) is 75.9 Å². The van der Waals surface area contributed by atoms with Crippen LogP contribution < -0.4 is 10.2 Å². The number of carbonyl (C=O) groups excluding carboxylic acids is 1. The molecule has 1 fully saturated rings. The predicted molar refractivity (Wildman–Crippen MR) is 126 cm³/mol. The summed E-state index contributed by atoms with van der Waals surface area (Å²) < 4.78 is 2.27. The summed E-state index contributed by atoms with van der Waals surface area (Å²) >= 11 is 0. The van der Waals surface area contributed by atoms with Crippen LogP contribution in [0.5, 0.6) is 0 Å². The number of aryl methyl sites for hydroxylation is 3. The van der Waals surface area contributed by atoms with E-state index in [0.717, 1.165) is 61.6 Å². The van der Waals surface area contributed by atoms with Crippen molar-refractivity contribution in [3.8, 4) is 0 Å². The Morgan fingerprint density at radius 2 is 1.97 bits per heavy atom. The number of fused-ring (bicyclic) bond motifs is 3. The van der Waals surface area contributed by atoms with Crippen molar-refractivity contribution in [1.29, 1.82) is 0 Å². The van der Waals surface area contributed by atoms with Gasteiger partial charge in [-0.1, -0.05) is 36.2 Å². The third-order valence-corrected chi connectivity index (χ3v) is 6.80. The van der Waals surface area contributed by atoms with Gasteiger partial charge in [0.1, 0.15) is 12.2 Å². The molecule has 32 heavy (non-hydrogen) atoms. The van der Waals surface area contributed by atoms with Crippen LogP contribution in [0.1, 0.15) is 49.1 Å². The fourth-order valence-corrected chi connectivity index (χ4v) is 4.97. The molecule has 7 nitrogen and oxygen atoms in total. The largest absolute Gasteiger partial charge is 0.355 e. The van der Waals surface area contributed by atoms with E-state index in [-0.39, 0.29) is 11.8 Å². The van der Waals surface area contributed by atoms with Crippen LogP contribution in [0.2, 0.25) is 0 Å². The van der Waals surface area contributed by atoms with Gasteiger partial charge in [0.2, 0.25) is 5.91 Å². The van der Waals surface area contributed by atoms with E-state index in [1.54, 1.807) is 6.33 Å². The van der Waals surface area contributed by atoms with E-state index in [4.69, 9.17) is 4.98 Å². The van der Waals surface area contributed by atoms with Gasteiger partial charge in [-0.3, -0.25) is 4.79 Å². The molecule has 0 saturated carbocycles. The SMILES string of the molecule is Cc1ccc(CCNC(=O)[C@H]2CCCN(c3ncnc4c3nc3n4CCCCC3)C2)cc1. The molecule has 0 aliphatic carbocycles. The lowest BCUT2D eigenvalue weighted by Crippen LogP contribution is -2.44. The summed E-state index contributed by atoms with van der Waals surface area (Å²) in [6.07, 6.45) is 9.01. The van der Waals surface area contributed by atoms with Gasteiger partial charge in [-0.15, -0.1) is 0 Å². The number of nitrogens with zero attached hydrogens (tertiary/aromatic N) is 5. The number of hydrogen-bond acceptors (Lipinski definition) is 5. The Labute approximate surface area is 189 Å². The number of imidazole rings is 1. The molecule has 2 aromatic heterocycles. The summed E-state index contributed by atoms with van der Waals surface area (Å²) in [5.41, 5.74) is 4.35. The lowest BCUT2D eigenvalue weighted by molar-refractivity contribution is -0.125. The van der Waals surface area contributed by atoms with Gasteiger partial charge in [-0.2, -0.15) is 0 Å². The molecule has 168 valence electrons. The molecule has 0 bridgehead atoms. The number of benzene rings is 1. The first-order chi connectivity index (χ1) is 15.7. The number of carbonyl (C=O) groups is 1. The van der Waals surface area contributed by atoms with E-state index in [1.165, 1.54) is 30.4 Å². The van der Waals surface area contributed by atoms with Crippen LogP contribution in [0.3, 0.4) is 0 Å². The Bertz CT molecular complexity index is 1090. The van der Waals surface area contributed by atoms with Crippen LogP contribution in [-0.2, 0) is 24.2 Å². The molecule has 1 N–H and O–H groups in total. The normalized spacial score (nSPS) is 18.9. The maximum absolute atomic E-state index is 12.9. The third kappa shape index (κ3) is 4.33. The molecule has 1 saturated heterocycles. The van der Waals surface area contributed by atoms with Crippen LogP contribution in [0.25, 0.3) is 11.2 Å². The first-order valence-electron chi connectivity index (χ1n) is 12.0. The van der Waals surface area contributed by atoms with Crippen molar-refractivity contribution >= 4 is 22.9 Å². The summed E-state index contributed by atoms with van der Waals surface area (Å²) in [5, 5.41) is 3.15. The first kappa shape index (κ1) is 20.9. The van der Waals surface area contributed by atoms with Crippen LogP contribution in [-0.4, -0.2) is 45.1 Å². The van der Waals surface area contributed by atoms with Crippen LogP contribution in [0.15, 0.2) is 30.6 Å². The minimum atomic E-state index is -0.0211. The zero-order valence-electron chi connectivity index (χ0n) is 18.9. The molecule has 0 radical (unpaired) electrons. The van der Waals surface area contributed by atoms with Crippen LogP contribution in [0, 0.1) is 12.8 Å². The number of nitrogens with one attached hydrogen (secondary N) is 1. The average molecular weight is 433 g/mol. The molecule has 2 aliphatic rings.